The molecular weight excluding hydrogens is 701 g/mol. The van der Waals surface area contributed by atoms with Crippen molar-refractivity contribution < 1.29 is 0 Å². The summed E-state index contributed by atoms with van der Waals surface area (Å²) < 4.78 is 4.83. The van der Waals surface area contributed by atoms with Crippen LogP contribution in [0.5, 0.6) is 0 Å². The molecule has 10 aromatic carbocycles. The largest absolute Gasteiger partial charge is 0.309 e. The summed E-state index contributed by atoms with van der Waals surface area (Å²) in [5.74, 6) is 0. The van der Waals surface area contributed by atoms with Crippen LogP contribution in [0.15, 0.2) is 218 Å². The van der Waals surface area contributed by atoms with E-state index in [0.717, 1.165) is 0 Å². The van der Waals surface area contributed by atoms with Crippen molar-refractivity contribution in [3.05, 3.63) is 218 Å². The van der Waals surface area contributed by atoms with Crippen molar-refractivity contribution in [2.75, 3.05) is 0 Å². The predicted octanol–water partition coefficient (Wildman–Crippen LogP) is 15.2. The first-order chi connectivity index (χ1) is 28.7. The van der Waals surface area contributed by atoms with Gasteiger partial charge < -0.3 is 9.13 Å². The molecule has 0 spiro atoms. The molecule has 0 atom stereocenters. The quantitative estimate of drug-likeness (QED) is 0.167. The average Bonchev–Trinajstić information content (AvgIpc) is 3.81. The predicted molar refractivity (Wildman–Crippen MR) is 246 cm³/mol. The van der Waals surface area contributed by atoms with E-state index in [2.05, 4.69) is 228 Å². The van der Waals surface area contributed by atoms with Gasteiger partial charge >= 0.3 is 0 Å². The van der Waals surface area contributed by atoms with Crippen LogP contribution in [0.4, 0.5) is 0 Å². The van der Waals surface area contributed by atoms with Crippen LogP contribution < -0.4 is 0 Å². The maximum Gasteiger partial charge on any atom is 0.0541 e. The summed E-state index contributed by atoms with van der Waals surface area (Å²) in [7, 11) is 0. The van der Waals surface area contributed by atoms with Crippen LogP contribution >= 0.6 is 0 Å². The zero-order valence-corrected chi connectivity index (χ0v) is 31.7. The maximum absolute atomic E-state index is 2.42. The van der Waals surface area contributed by atoms with E-state index in [1.54, 1.807) is 0 Å². The third-order valence-corrected chi connectivity index (χ3v) is 12.1. The second-order valence-electron chi connectivity index (χ2n) is 15.4. The number of hydrogen-bond acceptors (Lipinski definition) is 0. The van der Waals surface area contributed by atoms with Gasteiger partial charge in [0.1, 0.15) is 0 Å². The molecule has 0 bridgehead atoms. The molecular formula is C56H36N2. The Labute approximate surface area is 336 Å². The van der Waals surface area contributed by atoms with Gasteiger partial charge in [-0.15, -0.1) is 0 Å². The van der Waals surface area contributed by atoms with E-state index in [0.29, 0.717) is 0 Å². The van der Waals surface area contributed by atoms with Gasteiger partial charge in [-0.1, -0.05) is 152 Å². The van der Waals surface area contributed by atoms with Gasteiger partial charge in [-0.3, -0.25) is 0 Å². The van der Waals surface area contributed by atoms with Crippen molar-refractivity contribution in [2.24, 2.45) is 0 Å². The second-order valence-corrected chi connectivity index (χ2v) is 15.4. The van der Waals surface area contributed by atoms with Gasteiger partial charge in [0.2, 0.25) is 0 Å². The number of rotatable bonds is 5. The van der Waals surface area contributed by atoms with E-state index in [9.17, 15) is 0 Å². The van der Waals surface area contributed by atoms with Crippen LogP contribution in [0.2, 0.25) is 0 Å². The van der Waals surface area contributed by atoms with E-state index in [4.69, 9.17) is 0 Å². The smallest absolute Gasteiger partial charge is 0.0541 e. The zero-order chi connectivity index (χ0) is 38.2. The molecule has 0 fully saturated rings. The minimum absolute atomic E-state index is 1.17. The lowest BCUT2D eigenvalue weighted by molar-refractivity contribution is 1.19. The molecule has 0 saturated carbocycles. The zero-order valence-electron chi connectivity index (χ0n) is 31.7. The van der Waals surface area contributed by atoms with Crippen LogP contribution in [0.25, 0.3) is 110 Å². The molecule has 0 amide bonds. The highest BCUT2D eigenvalue weighted by Gasteiger charge is 2.17. The van der Waals surface area contributed by atoms with Crippen LogP contribution in [0.1, 0.15) is 0 Å². The van der Waals surface area contributed by atoms with E-state index < -0.39 is 0 Å². The minimum Gasteiger partial charge on any atom is -0.309 e. The monoisotopic (exact) mass is 736 g/mol. The highest BCUT2D eigenvalue weighted by molar-refractivity contribution is 6.13. The van der Waals surface area contributed by atoms with E-state index >= 15 is 0 Å². The van der Waals surface area contributed by atoms with Crippen molar-refractivity contribution in [3.8, 4) is 44.8 Å². The van der Waals surface area contributed by atoms with Gasteiger partial charge in [-0.25, -0.2) is 0 Å². The first kappa shape index (κ1) is 32.6. The van der Waals surface area contributed by atoms with Crippen LogP contribution in [0, 0.1) is 0 Å². The molecule has 0 saturated heterocycles. The third-order valence-electron chi connectivity index (χ3n) is 12.1. The lowest BCUT2D eigenvalue weighted by Crippen LogP contribution is -1.94. The van der Waals surface area contributed by atoms with Crippen molar-refractivity contribution in [1.82, 2.24) is 9.13 Å². The Hall–Kier alpha value is -7.68. The molecule has 58 heavy (non-hydrogen) atoms. The van der Waals surface area contributed by atoms with Crippen molar-refractivity contribution in [1.29, 1.82) is 0 Å². The SMILES string of the molecule is c1ccc(-c2ccc3c(c2)c2cc(-c4ccc(-c5ccc6c(c5)c5ccccc5n6-c5ccc6ccccc6c5)cc4)ccc2n3-c2ccc3ccccc3c2)cc1. The molecule has 2 heterocycles. The summed E-state index contributed by atoms with van der Waals surface area (Å²) in [5.41, 5.74) is 14.4. The molecule has 0 aliphatic heterocycles. The second kappa shape index (κ2) is 12.9. The van der Waals surface area contributed by atoms with Crippen molar-refractivity contribution in [2.45, 2.75) is 0 Å². The fourth-order valence-electron chi connectivity index (χ4n) is 9.21. The van der Waals surface area contributed by atoms with Gasteiger partial charge in [0.15, 0.2) is 0 Å². The molecule has 12 rings (SSSR count). The summed E-state index contributed by atoms with van der Waals surface area (Å²) in [6, 6.07) is 80.1. The topological polar surface area (TPSA) is 9.86 Å². The Morgan fingerprint density at radius 1 is 0.207 bits per heavy atom. The van der Waals surface area contributed by atoms with Gasteiger partial charge in [-0.05, 0) is 122 Å². The molecule has 0 aliphatic carbocycles. The van der Waals surface area contributed by atoms with Crippen LogP contribution in [0.3, 0.4) is 0 Å². The van der Waals surface area contributed by atoms with Crippen LogP contribution in [-0.2, 0) is 0 Å². The summed E-state index contributed by atoms with van der Waals surface area (Å²) in [4.78, 5) is 0. The Kier molecular flexibility index (Phi) is 7.26. The van der Waals surface area contributed by atoms with Gasteiger partial charge in [-0.2, -0.15) is 0 Å². The number of nitrogens with zero attached hydrogens (tertiary/aromatic N) is 2. The Morgan fingerprint density at radius 2 is 0.569 bits per heavy atom. The Bertz CT molecular complexity index is 3550. The molecule has 12 aromatic rings. The first-order valence-electron chi connectivity index (χ1n) is 20.0. The Balaban J connectivity index is 0.956. The standard InChI is InChI=1S/C56H36N2/c1-2-10-37(11-3-1)44-24-30-55-51(35-44)52-36-46(26-31-56(52)58(55)48-28-23-39-13-5-7-15-43(39)33-48)41-20-18-40(19-21-41)45-25-29-54-50(34-45)49-16-8-9-17-53(49)57(54)47-27-22-38-12-4-6-14-42(38)32-47/h1-36H. The van der Waals surface area contributed by atoms with Crippen molar-refractivity contribution >= 4 is 65.2 Å². The molecule has 0 radical (unpaired) electrons. The molecule has 2 heteroatoms. The summed E-state index contributed by atoms with van der Waals surface area (Å²) in [6.45, 7) is 0. The fraction of sp³-hybridized carbons (Fsp3) is 0. The Morgan fingerprint density at radius 3 is 1.07 bits per heavy atom. The molecule has 2 aromatic heterocycles. The number of fused-ring (bicyclic) bond motifs is 8. The first-order valence-corrected chi connectivity index (χ1v) is 20.0. The lowest BCUT2D eigenvalue weighted by atomic mass is 9.97. The fourth-order valence-corrected chi connectivity index (χ4v) is 9.21. The normalized spacial score (nSPS) is 11.8. The summed E-state index contributed by atoms with van der Waals surface area (Å²) in [5, 5.41) is 10.00. The molecule has 0 N–H and O–H groups in total. The van der Waals surface area contributed by atoms with Gasteiger partial charge in [0.25, 0.3) is 0 Å². The van der Waals surface area contributed by atoms with Crippen LogP contribution in [-0.4, -0.2) is 9.13 Å². The average molecular weight is 737 g/mol. The molecule has 270 valence electrons. The van der Waals surface area contributed by atoms with Gasteiger partial charge in [0.05, 0.1) is 22.1 Å². The third kappa shape index (κ3) is 5.19. The molecule has 0 aliphatic rings. The molecule has 0 unspecified atom stereocenters. The van der Waals surface area contributed by atoms with Gasteiger partial charge in [0, 0.05) is 32.9 Å². The maximum atomic E-state index is 2.42. The number of benzene rings is 10. The minimum atomic E-state index is 1.17. The van der Waals surface area contributed by atoms with E-state index in [1.807, 2.05) is 0 Å². The summed E-state index contributed by atoms with van der Waals surface area (Å²) in [6.07, 6.45) is 0. The van der Waals surface area contributed by atoms with Crippen molar-refractivity contribution in [3.63, 3.8) is 0 Å². The molecule has 2 nitrogen and oxygen atoms in total. The lowest BCUT2D eigenvalue weighted by Gasteiger charge is -2.11. The highest BCUT2D eigenvalue weighted by atomic mass is 15.0. The highest BCUT2D eigenvalue weighted by Crippen LogP contribution is 2.39. The number of aromatic nitrogens is 2. The number of hydrogen-bond donors (Lipinski definition) is 0. The van der Waals surface area contributed by atoms with E-state index in [-0.39, 0.29) is 0 Å². The van der Waals surface area contributed by atoms with E-state index in [1.165, 1.54) is 110 Å². The number of para-hydroxylation sites is 1. The summed E-state index contributed by atoms with van der Waals surface area (Å²) >= 11 is 0.